The molecule has 3 aliphatic heterocycles. The standard InChI is InChI=1S/C15H26N2O2/c1-9-10(2)19-11(3)14(9)15(18)17-7-12-5-4-6-16-13(12)8-17/h9-14,16H,4-8H2,1-3H3/t9?,10?,11?,12-,13+,14?/m0/s1. The lowest BCUT2D eigenvalue weighted by Gasteiger charge is -2.25. The second-order valence-corrected chi connectivity index (χ2v) is 6.64. The van der Waals surface area contributed by atoms with Gasteiger partial charge in [0.2, 0.25) is 5.91 Å². The highest BCUT2D eigenvalue weighted by molar-refractivity contribution is 5.80. The maximum Gasteiger partial charge on any atom is 0.228 e. The van der Waals surface area contributed by atoms with Crippen molar-refractivity contribution < 1.29 is 9.53 Å². The van der Waals surface area contributed by atoms with Crippen molar-refractivity contribution >= 4 is 5.91 Å². The van der Waals surface area contributed by atoms with Crippen molar-refractivity contribution in [2.24, 2.45) is 17.8 Å². The zero-order chi connectivity index (χ0) is 13.6. The number of carbonyl (C=O) groups excluding carboxylic acids is 1. The zero-order valence-electron chi connectivity index (χ0n) is 12.3. The summed E-state index contributed by atoms with van der Waals surface area (Å²) in [6.45, 7) is 9.23. The Hall–Kier alpha value is -0.610. The Balaban J connectivity index is 1.68. The van der Waals surface area contributed by atoms with Gasteiger partial charge >= 0.3 is 0 Å². The van der Waals surface area contributed by atoms with Crippen LogP contribution in [-0.4, -0.2) is 48.7 Å². The Bertz CT molecular complexity index is 346. The number of nitrogens with zero attached hydrogens (tertiary/aromatic N) is 1. The number of fused-ring (bicyclic) bond motifs is 1. The number of carbonyl (C=O) groups is 1. The van der Waals surface area contributed by atoms with E-state index in [1.807, 2.05) is 6.92 Å². The van der Waals surface area contributed by atoms with Crippen LogP contribution in [0.25, 0.3) is 0 Å². The lowest BCUT2D eigenvalue weighted by Crippen LogP contribution is -2.42. The quantitative estimate of drug-likeness (QED) is 0.777. The van der Waals surface area contributed by atoms with Crippen molar-refractivity contribution in [1.29, 1.82) is 0 Å². The fraction of sp³-hybridized carbons (Fsp3) is 0.933. The molecule has 3 fully saturated rings. The molecule has 1 amide bonds. The molecule has 3 rings (SSSR count). The van der Waals surface area contributed by atoms with Crippen molar-refractivity contribution in [2.75, 3.05) is 19.6 Å². The van der Waals surface area contributed by atoms with E-state index in [2.05, 4.69) is 24.1 Å². The number of likely N-dealkylation sites (tertiary alicyclic amines) is 1. The minimum Gasteiger partial charge on any atom is -0.374 e. The topological polar surface area (TPSA) is 41.6 Å². The normalized spacial score (nSPS) is 46.4. The summed E-state index contributed by atoms with van der Waals surface area (Å²) in [5, 5.41) is 3.56. The number of hydrogen-bond acceptors (Lipinski definition) is 3. The second-order valence-electron chi connectivity index (χ2n) is 6.64. The molecule has 0 aromatic heterocycles. The van der Waals surface area contributed by atoms with Crippen molar-refractivity contribution in [2.45, 2.75) is 51.9 Å². The van der Waals surface area contributed by atoms with Gasteiger partial charge < -0.3 is 15.0 Å². The van der Waals surface area contributed by atoms with Gasteiger partial charge in [0, 0.05) is 19.1 Å². The van der Waals surface area contributed by atoms with Gasteiger partial charge in [0.1, 0.15) is 0 Å². The van der Waals surface area contributed by atoms with Gasteiger partial charge in [0.15, 0.2) is 0 Å². The molecule has 3 aliphatic rings. The smallest absolute Gasteiger partial charge is 0.228 e. The summed E-state index contributed by atoms with van der Waals surface area (Å²) in [7, 11) is 0. The van der Waals surface area contributed by atoms with E-state index < -0.39 is 0 Å². The van der Waals surface area contributed by atoms with Crippen LogP contribution in [0.3, 0.4) is 0 Å². The molecular weight excluding hydrogens is 240 g/mol. The predicted octanol–water partition coefficient (Wildman–Crippen LogP) is 1.26. The predicted molar refractivity (Wildman–Crippen MR) is 73.8 cm³/mol. The highest BCUT2D eigenvalue weighted by atomic mass is 16.5. The fourth-order valence-corrected chi connectivity index (χ4v) is 4.13. The molecule has 3 saturated heterocycles. The van der Waals surface area contributed by atoms with Crippen LogP contribution < -0.4 is 5.32 Å². The fourth-order valence-electron chi connectivity index (χ4n) is 4.13. The summed E-state index contributed by atoms with van der Waals surface area (Å²) in [5.41, 5.74) is 0. The van der Waals surface area contributed by atoms with E-state index in [4.69, 9.17) is 4.74 Å². The zero-order valence-corrected chi connectivity index (χ0v) is 12.3. The molecule has 0 aliphatic carbocycles. The van der Waals surface area contributed by atoms with Crippen molar-refractivity contribution in [3.63, 3.8) is 0 Å². The average molecular weight is 266 g/mol. The van der Waals surface area contributed by atoms with Crippen LogP contribution in [0, 0.1) is 17.8 Å². The Morgan fingerprint density at radius 1 is 1.21 bits per heavy atom. The number of piperidine rings is 1. The molecule has 4 unspecified atom stereocenters. The van der Waals surface area contributed by atoms with E-state index in [0.717, 1.165) is 19.6 Å². The second kappa shape index (κ2) is 5.06. The summed E-state index contributed by atoms with van der Waals surface area (Å²) in [6, 6.07) is 0.531. The third kappa shape index (κ3) is 2.29. The van der Waals surface area contributed by atoms with Gasteiger partial charge in [-0.3, -0.25) is 4.79 Å². The molecule has 0 spiro atoms. The van der Waals surface area contributed by atoms with E-state index >= 15 is 0 Å². The molecule has 0 aromatic carbocycles. The Morgan fingerprint density at radius 3 is 2.63 bits per heavy atom. The highest BCUT2D eigenvalue weighted by Gasteiger charge is 2.46. The molecule has 3 heterocycles. The molecule has 4 heteroatoms. The minimum absolute atomic E-state index is 0.0511. The lowest BCUT2D eigenvalue weighted by molar-refractivity contribution is -0.137. The molecule has 6 atom stereocenters. The van der Waals surface area contributed by atoms with Gasteiger partial charge in [-0.25, -0.2) is 0 Å². The molecule has 1 N–H and O–H groups in total. The summed E-state index contributed by atoms with van der Waals surface area (Å²) in [5.74, 6) is 1.37. The third-order valence-electron chi connectivity index (χ3n) is 5.44. The van der Waals surface area contributed by atoms with Crippen molar-refractivity contribution in [3.05, 3.63) is 0 Å². The largest absolute Gasteiger partial charge is 0.374 e. The monoisotopic (exact) mass is 266 g/mol. The summed E-state index contributed by atoms with van der Waals surface area (Å²) in [6.07, 6.45) is 2.78. The first-order chi connectivity index (χ1) is 9.08. The lowest BCUT2D eigenvalue weighted by atomic mass is 9.88. The van der Waals surface area contributed by atoms with Crippen LogP contribution in [0.1, 0.15) is 33.6 Å². The van der Waals surface area contributed by atoms with Crippen LogP contribution in [0.4, 0.5) is 0 Å². The van der Waals surface area contributed by atoms with Gasteiger partial charge in [-0.15, -0.1) is 0 Å². The first-order valence-corrected chi connectivity index (χ1v) is 7.75. The molecule has 4 nitrogen and oxygen atoms in total. The van der Waals surface area contributed by atoms with E-state index in [-0.39, 0.29) is 18.1 Å². The van der Waals surface area contributed by atoms with Crippen molar-refractivity contribution in [1.82, 2.24) is 10.2 Å². The molecule has 0 bridgehead atoms. The Morgan fingerprint density at radius 2 is 2.00 bits per heavy atom. The first-order valence-electron chi connectivity index (χ1n) is 7.75. The van der Waals surface area contributed by atoms with Gasteiger partial charge in [0.25, 0.3) is 0 Å². The van der Waals surface area contributed by atoms with Gasteiger partial charge in [0.05, 0.1) is 18.1 Å². The van der Waals surface area contributed by atoms with Gasteiger partial charge in [-0.2, -0.15) is 0 Å². The van der Waals surface area contributed by atoms with Crippen LogP contribution in [0.15, 0.2) is 0 Å². The summed E-state index contributed by atoms with van der Waals surface area (Å²) in [4.78, 5) is 14.9. The number of nitrogens with one attached hydrogen (secondary N) is 1. The first kappa shape index (κ1) is 13.4. The number of hydrogen-bond donors (Lipinski definition) is 1. The average Bonchev–Trinajstić information content (AvgIpc) is 2.91. The third-order valence-corrected chi connectivity index (χ3v) is 5.44. The van der Waals surface area contributed by atoms with E-state index in [1.165, 1.54) is 12.8 Å². The van der Waals surface area contributed by atoms with Gasteiger partial charge in [-0.1, -0.05) is 6.92 Å². The van der Waals surface area contributed by atoms with E-state index in [0.29, 0.717) is 23.8 Å². The van der Waals surface area contributed by atoms with Crippen LogP contribution in [0.2, 0.25) is 0 Å². The number of rotatable bonds is 1. The summed E-state index contributed by atoms with van der Waals surface area (Å²) >= 11 is 0. The highest BCUT2D eigenvalue weighted by Crippen LogP contribution is 2.35. The maximum atomic E-state index is 12.8. The van der Waals surface area contributed by atoms with Crippen LogP contribution in [0.5, 0.6) is 0 Å². The van der Waals surface area contributed by atoms with E-state index in [9.17, 15) is 4.79 Å². The molecule has 19 heavy (non-hydrogen) atoms. The number of amides is 1. The minimum atomic E-state index is 0.0511. The molecule has 0 radical (unpaired) electrons. The molecule has 0 saturated carbocycles. The Kier molecular flexibility index (Phi) is 3.56. The molecule has 0 aromatic rings. The Labute approximate surface area is 115 Å². The van der Waals surface area contributed by atoms with E-state index in [1.54, 1.807) is 0 Å². The number of ether oxygens (including phenoxy) is 1. The maximum absolute atomic E-state index is 12.8. The van der Waals surface area contributed by atoms with Crippen molar-refractivity contribution in [3.8, 4) is 0 Å². The van der Waals surface area contributed by atoms with Crippen LogP contribution >= 0.6 is 0 Å². The SMILES string of the molecule is CC1OC(C)C(C(=O)N2C[C@@H]3CCCN[C@@H]3C2)C1C. The molecule has 108 valence electrons. The summed E-state index contributed by atoms with van der Waals surface area (Å²) < 4.78 is 5.82. The molecular formula is C15H26N2O2. The van der Waals surface area contributed by atoms with Gasteiger partial charge in [-0.05, 0) is 45.1 Å². The van der Waals surface area contributed by atoms with Crippen LogP contribution in [-0.2, 0) is 9.53 Å².